The van der Waals surface area contributed by atoms with Crippen molar-refractivity contribution in [2.24, 2.45) is 0 Å². The van der Waals surface area contributed by atoms with Crippen LogP contribution in [0.25, 0.3) is 0 Å². The highest BCUT2D eigenvalue weighted by Gasteiger charge is 1.96. The van der Waals surface area contributed by atoms with Gasteiger partial charge in [0.05, 0.1) is 13.2 Å². The van der Waals surface area contributed by atoms with Gasteiger partial charge in [-0.05, 0) is 74.2 Å². The molecule has 22 heavy (non-hydrogen) atoms. The fraction of sp³-hybridized carbons (Fsp3) is 0.333. The SMILES string of the molecule is Oc1ccc(OCCCCCCOc2ccc(O)cc2)cc1. The zero-order chi connectivity index (χ0) is 15.6. The van der Waals surface area contributed by atoms with E-state index >= 15 is 0 Å². The van der Waals surface area contributed by atoms with Crippen molar-refractivity contribution in [3.8, 4) is 23.0 Å². The van der Waals surface area contributed by atoms with Crippen molar-refractivity contribution < 1.29 is 19.7 Å². The number of ether oxygens (including phenoxy) is 2. The Kier molecular flexibility index (Phi) is 6.42. The third kappa shape index (κ3) is 5.95. The molecule has 2 rings (SSSR count). The highest BCUT2D eigenvalue weighted by atomic mass is 16.5. The smallest absolute Gasteiger partial charge is 0.119 e. The number of unbranched alkanes of at least 4 members (excludes halogenated alkanes) is 3. The molecule has 0 spiro atoms. The Morgan fingerprint density at radius 1 is 0.545 bits per heavy atom. The van der Waals surface area contributed by atoms with Gasteiger partial charge in [-0.3, -0.25) is 0 Å². The predicted molar refractivity (Wildman–Crippen MR) is 85.7 cm³/mol. The van der Waals surface area contributed by atoms with Crippen molar-refractivity contribution in [1.29, 1.82) is 0 Å². The molecule has 0 aliphatic heterocycles. The van der Waals surface area contributed by atoms with Crippen LogP contribution >= 0.6 is 0 Å². The molecule has 2 N–H and O–H groups in total. The van der Waals surface area contributed by atoms with Crippen LogP contribution in [0.3, 0.4) is 0 Å². The quantitative estimate of drug-likeness (QED) is 0.684. The van der Waals surface area contributed by atoms with Crippen molar-refractivity contribution in [1.82, 2.24) is 0 Å². The average Bonchev–Trinajstić information content (AvgIpc) is 2.53. The molecule has 0 aliphatic carbocycles. The van der Waals surface area contributed by atoms with Gasteiger partial charge >= 0.3 is 0 Å². The van der Waals surface area contributed by atoms with E-state index < -0.39 is 0 Å². The average molecular weight is 302 g/mol. The summed E-state index contributed by atoms with van der Waals surface area (Å²) in [5.41, 5.74) is 0. The Labute approximate surface area is 130 Å². The Morgan fingerprint density at radius 3 is 1.27 bits per heavy atom. The van der Waals surface area contributed by atoms with Crippen LogP contribution in [0.5, 0.6) is 23.0 Å². The van der Waals surface area contributed by atoms with Gasteiger partial charge in [-0.25, -0.2) is 0 Å². The standard InChI is InChI=1S/C18H22O4/c19-15-5-9-17(10-6-15)21-13-3-1-2-4-14-22-18-11-7-16(20)8-12-18/h5-12,19-20H,1-4,13-14H2. The van der Waals surface area contributed by atoms with Gasteiger partial charge in [0, 0.05) is 0 Å². The maximum atomic E-state index is 9.16. The third-order valence-electron chi connectivity index (χ3n) is 3.25. The highest BCUT2D eigenvalue weighted by molar-refractivity contribution is 5.30. The van der Waals surface area contributed by atoms with Gasteiger partial charge in [-0.1, -0.05) is 0 Å². The molecule has 118 valence electrons. The molecular formula is C18H22O4. The van der Waals surface area contributed by atoms with Crippen molar-refractivity contribution >= 4 is 0 Å². The zero-order valence-electron chi connectivity index (χ0n) is 12.6. The van der Waals surface area contributed by atoms with Crippen LogP contribution in [0.15, 0.2) is 48.5 Å². The molecule has 0 heterocycles. The van der Waals surface area contributed by atoms with Crippen molar-refractivity contribution in [3.05, 3.63) is 48.5 Å². The predicted octanol–water partition coefficient (Wildman–Crippen LogP) is 4.12. The molecule has 2 aromatic carbocycles. The van der Waals surface area contributed by atoms with Crippen LogP contribution in [0.4, 0.5) is 0 Å². The normalized spacial score (nSPS) is 10.4. The van der Waals surface area contributed by atoms with Crippen LogP contribution in [-0.2, 0) is 0 Å². The monoisotopic (exact) mass is 302 g/mol. The topological polar surface area (TPSA) is 58.9 Å². The summed E-state index contributed by atoms with van der Waals surface area (Å²) in [5, 5.41) is 18.3. The maximum absolute atomic E-state index is 9.16. The molecule has 2 aromatic rings. The molecule has 0 aliphatic rings. The lowest BCUT2D eigenvalue weighted by atomic mass is 10.2. The summed E-state index contributed by atoms with van der Waals surface area (Å²) in [4.78, 5) is 0. The number of benzene rings is 2. The van der Waals surface area contributed by atoms with E-state index in [9.17, 15) is 0 Å². The first kappa shape index (κ1) is 16.0. The molecule has 4 heteroatoms. The molecular weight excluding hydrogens is 280 g/mol. The summed E-state index contributed by atoms with van der Waals surface area (Å²) in [6, 6.07) is 13.5. The Balaban J connectivity index is 1.47. The molecule has 0 bridgehead atoms. The van der Waals surface area contributed by atoms with Crippen molar-refractivity contribution in [2.45, 2.75) is 25.7 Å². The van der Waals surface area contributed by atoms with E-state index in [0.717, 1.165) is 37.2 Å². The Bertz CT molecular complexity index is 483. The molecule has 0 amide bonds. The van der Waals surface area contributed by atoms with Crippen LogP contribution in [0, 0.1) is 0 Å². The van der Waals surface area contributed by atoms with Gasteiger partial charge in [0.2, 0.25) is 0 Å². The maximum Gasteiger partial charge on any atom is 0.119 e. The molecule has 0 fully saturated rings. The minimum atomic E-state index is 0.251. The van der Waals surface area contributed by atoms with Crippen LogP contribution in [0.2, 0.25) is 0 Å². The van der Waals surface area contributed by atoms with Gasteiger partial charge in [0.25, 0.3) is 0 Å². The third-order valence-corrected chi connectivity index (χ3v) is 3.25. The lowest BCUT2D eigenvalue weighted by Crippen LogP contribution is -1.99. The fourth-order valence-corrected chi connectivity index (χ4v) is 2.02. The number of aromatic hydroxyl groups is 2. The molecule has 0 saturated carbocycles. The van der Waals surface area contributed by atoms with E-state index in [1.165, 1.54) is 0 Å². The summed E-state index contributed by atoms with van der Waals surface area (Å²) in [7, 11) is 0. The lowest BCUT2D eigenvalue weighted by Gasteiger charge is -2.07. The Morgan fingerprint density at radius 2 is 0.909 bits per heavy atom. The van der Waals surface area contributed by atoms with Gasteiger partial charge < -0.3 is 19.7 Å². The molecule has 0 atom stereocenters. The molecule has 0 saturated heterocycles. The number of hydrogen-bond acceptors (Lipinski definition) is 4. The van der Waals surface area contributed by atoms with E-state index in [0.29, 0.717) is 13.2 Å². The second-order valence-electron chi connectivity index (χ2n) is 5.10. The number of phenolic OH excluding ortho intramolecular Hbond substituents is 2. The van der Waals surface area contributed by atoms with Crippen LogP contribution in [0.1, 0.15) is 25.7 Å². The summed E-state index contributed by atoms with van der Waals surface area (Å²) in [6.45, 7) is 1.37. The molecule has 0 radical (unpaired) electrons. The van der Waals surface area contributed by atoms with E-state index in [-0.39, 0.29) is 11.5 Å². The van der Waals surface area contributed by atoms with E-state index in [1.54, 1.807) is 48.5 Å². The van der Waals surface area contributed by atoms with Crippen LogP contribution < -0.4 is 9.47 Å². The zero-order valence-corrected chi connectivity index (χ0v) is 12.6. The fourth-order valence-electron chi connectivity index (χ4n) is 2.02. The van der Waals surface area contributed by atoms with Gasteiger partial charge in [-0.15, -0.1) is 0 Å². The van der Waals surface area contributed by atoms with E-state index in [1.807, 2.05) is 0 Å². The number of hydrogen-bond donors (Lipinski definition) is 2. The van der Waals surface area contributed by atoms with Gasteiger partial charge in [0.15, 0.2) is 0 Å². The summed E-state index contributed by atoms with van der Waals surface area (Å²) in [5.74, 6) is 2.07. The molecule has 4 nitrogen and oxygen atoms in total. The first-order valence-electron chi connectivity index (χ1n) is 7.58. The highest BCUT2D eigenvalue weighted by Crippen LogP contribution is 2.17. The second-order valence-corrected chi connectivity index (χ2v) is 5.10. The van der Waals surface area contributed by atoms with Gasteiger partial charge in [-0.2, -0.15) is 0 Å². The lowest BCUT2D eigenvalue weighted by molar-refractivity contribution is 0.287. The first-order chi connectivity index (χ1) is 10.7. The minimum absolute atomic E-state index is 0.251. The second kappa shape index (κ2) is 8.82. The molecule has 0 unspecified atom stereocenters. The summed E-state index contributed by atoms with van der Waals surface area (Å²) < 4.78 is 11.2. The van der Waals surface area contributed by atoms with E-state index in [4.69, 9.17) is 19.7 Å². The Hall–Kier alpha value is -2.36. The van der Waals surface area contributed by atoms with Crippen LogP contribution in [-0.4, -0.2) is 23.4 Å². The number of phenols is 2. The van der Waals surface area contributed by atoms with Crippen molar-refractivity contribution in [3.63, 3.8) is 0 Å². The summed E-state index contributed by atoms with van der Waals surface area (Å²) >= 11 is 0. The molecule has 0 aromatic heterocycles. The van der Waals surface area contributed by atoms with Crippen molar-refractivity contribution in [2.75, 3.05) is 13.2 Å². The van der Waals surface area contributed by atoms with Gasteiger partial charge in [0.1, 0.15) is 23.0 Å². The largest absolute Gasteiger partial charge is 0.508 e. The first-order valence-corrected chi connectivity index (χ1v) is 7.58. The number of rotatable bonds is 9. The van der Waals surface area contributed by atoms with E-state index in [2.05, 4.69) is 0 Å². The minimum Gasteiger partial charge on any atom is -0.508 e. The summed E-state index contributed by atoms with van der Waals surface area (Å²) in [6.07, 6.45) is 4.19.